The number of rotatable bonds is 9. The van der Waals surface area contributed by atoms with E-state index in [0.717, 1.165) is 38.2 Å². The Bertz CT molecular complexity index is 2640. The van der Waals surface area contributed by atoms with Crippen LogP contribution in [-0.4, -0.2) is 55.8 Å². The van der Waals surface area contributed by atoms with Gasteiger partial charge in [-0.15, -0.1) is 0 Å². The van der Waals surface area contributed by atoms with E-state index < -0.39 is 86.6 Å². The first-order valence-corrected chi connectivity index (χ1v) is 20.4. The van der Waals surface area contributed by atoms with Crippen LogP contribution in [0.3, 0.4) is 0 Å². The van der Waals surface area contributed by atoms with E-state index in [9.17, 15) is 40.3 Å². The van der Waals surface area contributed by atoms with Gasteiger partial charge in [-0.05, 0) is 79.8 Å². The summed E-state index contributed by atoms with van der Waals surface area (Å²) in [4.78, 5) is 18.8. The molecule has 3 atom stereocenters. The molecule has 1 saturated carbocycles. The Labute approximate surface area is 334 Å². The first-order valence-electron chi connectivity index (χ1n) is 18.6. The number of anilines is 1. The zero-order valence-electron chi connectivity index (χ0n) is 32.1. The fourth-order valence-corrected chi connectivity index (χ4v) is 8.53. The second-order valence-electron chi connectivity index (χ2n) is 15.2. The minimum absolute atomic E-state index is 0.000777. The standard InChI is InChI=1S/C40H38F7N7O4S/c1-21-22(2)39(43,44)36-32(21)35(40(45,46)47)50-54(36)20-31(55)49-30(18-23-16-24(41)19-25(42)17-23)33-27(11-10-26(48-33)12-15-38(56)13-5-6-14-38)28-8-7-9-29-34(28)53(3)51-37(29)52-59(4,57)58/h7-11,16-17,19,21-22,30,56H,5-6,13-14,18,20H2,1-4H3,(H,49,55)(H,51,52)/t21-,22+,30-/m0/s1. The van der Waals surface area contributed by atoms with E-state index in [1.807, 2.05) is 0 Å². The number of sulfonamides is 1. The number of benzene rings is 2. The summed E-state index contributed by atoms with van der Waals surface area (Å²) >= 11 is 0. The monoisotopic (exact) mass is 845 g/mol. The number of aryl methyl sites for hydroxylation is 1. The molecule has 3 N–H and O–H groups in total. The quantitative estimate of drug-likeness (QED) is 0.106. The highest BCUT2D eigenvalue weighted by molar-refractivity contribution is 7.92. The van der Waals surface area contributed by atoms with E-state index in [0.29, 0.717) is 40.1 Å². The number of hydrogen-bond acceptors (Lipinski definition) is 7. The zero-order chi connectivity index (χ0) is 42.8. The van der Waals surface area contributed by atoms with Crippen LogP contribution in [0, 0.1) is 29.4 Å². The van der Waals surface area contributed by atoms with Crippen LogP contribution in [-0.2, 0) is 46.9 Å². The minimum Gasteiger partial charge on any atom is -0.378 e. The van der Waals surface area contributed by atoms with E-state index in [1.165, 1.54) is 17.7 Å². The summed E-state index contributed by atoms with van der Waals surface area (Å²) in [6.07, 6.45) is -2.19. The lowest BCUT2D eigenvalue weighted by atomic mass is 9.93. The van der Waals surface area contributed by atoms with Crippen molar-refractivity contribution in [3.05, 3.63) is 94.1 Å². The molecule has 1 amide bonds. The number of aliphatic hydroxyl groups is 1. The molecule has 0 saturated heterocycles. The molecular formula is C40H38F7N7O4S. The molecule has 0 bridgehead atoms. The van der Waals surface area contributed by atoms with Crippen molar-refractivity contribution in [2.24, 2.45) is 13.0 Å². The van der Waals surface area contributed by atoms with Crippen LogP contribution in [0.2, 0.25) is 0 Å². The molecule has 11 nitrogen and oxygen atoms in total. The maximum atomic E-state index is 15.6. The third-order valence-corrected chi connectivity index (χ3v) is 11.5. The lowest BCUT2D eigenvalue weighted by Crippen LogP contribution is -2.35. The largest absolute Gasteiger partial charge is 0.435 e. The van der Waals surface area contributed by atoms with Gasteiger partial charge in [0, 0.05) is 41.1 Å². The van der Waals surface area contributed by atoms with Crippen LogP contribution in [0.5, 0.6) is 0 Å². The highest BCUT2D eigenvalue weighted by Crippen LogP contribution is 2.55. The van der Waals surface area contributed by atoms with E-state index >= 15 is 8.78 Å². The van der Waals surface area contributed by atoms with Gasteiger partial charge in [0.1, 0.15) is 35.2 Å². The molecule has 2 aliphatic rings. The molecule has 0 aliphatic heterocycles. The number of nitrogens with one attached hydrogen (secondary N) is 2. The van der Waals surface area contributed by atoms with Gasteiger partial charge in [-0.1, -0.05) is 31.9 Å². The average molecular weight is 846 g/mol. The SMILES string of the molecule is C[C@@H]1c2c(C(F)(F)F)nn(CC(=O)N[C@@H](Cc3cc(F)cc(F)c3)c3nc(C#CC4(O)CCCC4)ccc3-c3cccc4c(NS(C)(=O)=O)nn(C)c34)c2C(F)(F)[C@@H]1C. The summed E-state index contributed by atoms with van der Waals surface area (Å²) < 4.78 is 132. The van der Waals surface area contributed by atoms with Crippen LogP contribution in [0.15, 0.2) is 48.5 Å². The molecule has 19 heteroatoms. The van der Waals surface area contributed by atoms with Gasteiger partial charge in [0.25, 0.3) is 5.92 Å². The van der Waals surface area contributed by atoms with Gasteiger partial charge in [0.2, 0.25) is 15.9 Å². The third-order valence-electron chi connectivity index (χ3n) is 10.9. The molecular weight excluding hydrogens is 808 g/mol. The molecule has 312 valence electrons. The van der Waals surface area contributed by atoms with E-state index in [4.69, 9.17) is 4.98 Å². The summed E-state index contributed by atoms with van der Waals surface area (Å²) in [6.45, 7) is 1.25. The van der Waals surface area contributed by atoms with Crippen LogP contribution >= 0.6 is 0 Å². The summed E-state index contributed by atoms with van der Waals surface area (Å²) in [5.74, 6) is -3.82. The van der Waals surface area contributed by atoms with Crippen LogP contribution < -0.4 is 10.0 Å². The van der Waals surface area contributed by atoms with Gasteiger partial charge >= 0.3 is 6.18 Å². The number of nitrogens with zero attached hydrogens (tertiary/aromatic N) is 5. The molecule has 2 aromatic carbocycles. The second-order valence-corrected chi connectivity index (χ2v) is 17.0. The van der Waals surface area contributed by atoms with Crippen molar-refractivity contribution < 1.29 is 49.1 Å². The fourth-order valence-electron chi connectivity index (χ4n) is 8.03. The number of carbonyl (C=O) groups is 1. The molecule has 1 fully saturated rings. The Kier molecular flexibility index (Phi) is 10.6. The fraction of sp³-hybridized carbons (Fsp3) is 0.400. The minimum atomic E-state index is -5.11. The van der Waals surface area contributed by atoms with Crippen molar-refractivity contribution in [1.82, 2.24) is 29.9 Å². The van der Waals surface area contributed by atoms with Crippen molar-refractivity contribution in [1.29, 1.82) is 0 Å². The number of hydrogen-bond donors (Lipinski definition) is 3. The molecule has 2 aliphatic carbocycles. The Morgan fingerprint density at radius 2 is 1.71 bits per heavy atom. The first kappa shape index (κ1) is 41.7. The van der Waals surface area contributed by atoms with Crippen LogP contribution in [0.4, 0.5) is 36.6 Å². The van der Waals surface area contributed by atoms with Gasteiger partial charge in [0.05, 0.1) is 23.5 Å². The maximum absolute atomic E-state index is 15.6. The molecule has 0 spiro atoms. The van der Waals surface area contributed by atoms with Crippen molar-refractivity contribution in [2.75, 3.05) is 11.0 Å². The van der Waals surface area contributed by atoms with Gasteiger partial charge < -0.3 is 10.4 Å². The number of pyridine rings is 1. The summed E-state index contributed by atoms with van der Waals surface area (Å²) in [5.41, 5.74) is -3.35. The number of para-hydroxylation sites is 1. The number of aromatic nitrogens is 5. The highest BCUT2D eigenvalue weighted by Gasteiger charge is 2.57. The first-order chi connectivity index (χ1) is 27.5. The van der Waals surface area contributed by atoms with Crippen LogP contribution in [0.25, 0.3) is 22.0 Å². The van der Waals surface area contributed by atoms with Gasteiger partial charge in [-0.2, -0.15) is 32.1 Å². The second kappa shape index (κ2) is 15.0. The van der Waals surface area contributed by atoms with Crippen molar-refractivity contribution >= 4 is 32.7 Å². The summed E-state index contributed by atoms with van der Waals surface area (Å²) in [6, 6.07) is 9.26. The molecule has 3 heterocycles. The van der Waals surface area contributed by atoms with E-state index in [1.54, 1.807) is 31.3 Å². The smallest absolute Gasteiger partial charge is 0.378 e. The third kappa shape index (κ3) is 8.24. The van der Waals surface area contributed by atoms with Gasteiger partial charge in [-0.25, -0.2) is 22.2 Å². The van der Waals surface area contributed by atoms with Gasteiger partial charge in [0.15, 0.2) is 11.5 Å². The Morgan fingerprint density at radius 3 is 2.36 bits per heavy atom. The van der Waals surface area contributed by atoms with Crippen LogP contribution in [0.1, 0.15) is 85.4 Å². The lowest BCUT2D eigenvalue weighted by Gasteiger charge is -2.23. The van der Waals surface area contributed by atoms with Crippen molar-refractivity contribution in [3.63, 3.8) is 0 Å². The molecule has 0 radical (unpaired) electrons. The number of alkyl halides is 5. The number of amides is 1. The number of carbonyl (C=O) groups excluding carboxylic acids is 1. The molecule has 7 rings (SSSR count). The summed E-state index contributed by atoms with van der Waals surface area (Å²) in [5, 5.41) is 21.8. The van der Waals surface area contributed by atoms with E-state index in [2.05, 4.69) is 32.1 Å². The number of halogens is 7. The highest BCUT2D eigenvalue weighted by atomic mass is 32.2. The predicted molar refractivity (Wildman–Crippen MR) is 202 cm³/mol. The van der Waals surface area contributed by atoms with Gasteiger partial charge in [-0.3, -0.25) is 18.9 Å². The van der Waals surface area contributed by atoms with E-state index in [-0.39, 0.29) is 34.8 Å². The Morgan fingerprint density at radius 1 is 1.03 bits per heavy atom. The maximum Gasteiger partial charge on any atom is 0.435 e. The Hall–Kier alpha value is -5.48. The predicted octanol–water partition coefficient (Wildman–Crippen LogP) is 7.10. The van der Waals surface area contributed by atoms with Crippen molar-refractivity contribution in [3.8, 4) is 23.0 Å². The van der Waals surface area contributed by atoms with Crippen molar-refractivity contribution in [2.45, 2.75) is 82.2 Å². The molecule has 3 aromatic heterocycles. The number of fused-ring (bicyclic) bond motifs is 2. The summed E-state index contributed by atoms with van der Waals surface area (Å²) in [7, 11) is -2.23. The topological polar surface area (TPSA) is 144 Å². The molecule has 59 heavy (non-hydrogen) atoms. The lowest BCUT2D eigenvalue weighted by molar-refractivity contribution is -0.143. The molecule has 0 unspecified atom stereocenters. The Balaban J connectivity index is 1.39. The average Bonchev–Trinajstić information content (AvgIpc) is 3.87. The normalized spacial score (nSPS) is 19.0. The zero-order valence-corrected chi connectivity index (χ0v) is 32.9. The molecule has 5 aromatic rings.